The number of hydrogen-bond donors (Lipinski definition) is 1. The van der Waals surface area contributed by atoms with Gasteiger partial charge in [-0.3, -0.25) is 4.79 Å². The second-order valence-corrected chi connectivity index (χ2v) is 3.46. The topological polar surface area (TPSA) is 37.3 Å². The van der Waals surface area contributed by atoms with Crippen LogP contribution in [0.25, 0.3) is 0 Å². The number of carbonyl (C=O) groups excluding carboxylic acids is 1. The first-order valence-corrected chi connectivity index (χ1v) is 4.18. The third kappa shape index (κ3) is 1.42. The van der Waals surface area contributed by atoms with Crippen LogP contribution < -0.4 is 0 Å². The summed E-state index contributed by atoms with van der Waals surface area (Å²) in [6, 6.07) is 0. The lowest BCUT2D eigenvalue weighted by Crippen LogP contribution is -2.16. The molecule has 2 nitrogen and oxygen atoms in total. The van der Waals surface area contributed by atoms with Crippen LogP contribution in [-0.4, -0.2) is 10.9 Å². The fourth-order valence-corrected chi connectivity index (χ4v) is 1.39. The lowest BCUT2D eigenvalue weighted by Gasteiger charge is -2.19. The molecule has 0 unspecified atom stereocenters. The fraction of sp³-hybridized carbons (Fsp3) is 0.500. The molecule has 0 saturated carbocycles. The number of aliphatic hydroxyl groups excluding tert-OH is 1. The Bertz CT molecular complexity index is 259. The first-order chi connectivity index (χ1) is 5.54. The van der Waals surface area contributed by atoms with Gasteiger partial charge in [-0.2, -0.15) is 0 Å². The number of Topliss-reactive ketones (excluding diaryl/α,β-unsaturated/α-hetero) is 1. The summed E-state index contributed by atoms with van der Waals surface area (Å²) in [5, 5.41) is 9.45. The Labute approximate surface area is 72.6 Å². The van der Waals surface area contributed by atoms with E-state index in [1.54, 1.807) is 0 Å². The van der Waals surface area contributed by atoms with E-state index in [4.69, 9.17) is 0 Å². The van der Waals surface area contributed by atoms with E-state index in [-0.39, 0.29) is 17.5 Å². The van der Waals surface area contributed by atoms with Crippen molar-refractivity contribution in [2.24, 2.45) is 5.92 Å². The largest absolute Gasteiger partial charge is 0.504 e. The molecule has 0 aromatic carbocycles. The minimum atomic E-state index is -0.273. The molecule has 0 saturated heterocycles. The SMILES string of the molecule is C=C1CCC(C(C)C)=C(O)C1=O. The minimum Gasteiger partial charge on any atom is -0.504 e. The van der Waals surface area contributed by atoms with Crippen LogP contribution in [-0.2, 0) is 4.79 Å². The van der Waals surface area contributed by atoms with Gasteiger partial charge in [-0.05, 0) is 29.9 Å². The molecule has 66 valence electrons. The van der Waals surface area contributed by atoms with Crippen molar-refractivity contribution < 1.29 is 9.90 Å². The zero-order chi connectivity index (χ0) is 9.30. The van der Waals surface area contributed by atoms with E-state index in [0.29, 0.717) is 12.0 Å². The molecule has 0 fully saturated rings. The molecule has 1 rings (SSSR count). The van der Waals surface area contributed by atoms with E-state index in [0.717, 1.165) is 12.0 Å². The van der Waals surface area contributed by atoms with Crippen molar-refractivity contribution in [3.05, 3.63) is 23.5 Å². The van der Waals surface area contributed by atoms with Crippen LogP contribution in [0.15, 0.2) is 23.5 Å². The fourth-order valence-electron chi connectivity index (χ4n) is 1.39. The van der Waals surface area contributed by atoms with E-state index in [1.807, 2.05) is 13.8 Å². The molecule has 0 aliphatic heterocycles. The number of hydrogen-bond acceptors (Lipinski definition) is 2. The highest BCUT2D eigenvalue weighted by molar-refractivity contribution is 6.07. The summed E-state index contributed by atoms with van der Waals surface area (Å²) in [5.41, 5.74) is 1.39. The van der Waals surface area contributed by atoms with Crippen molar-refractivity contribution in [2.75, 3.05) is 0 Å². The van der Waals surface area contributed by atoms with Gasteiger partial charge in [0.2, 0.25) is 5.78 Å². The normalized spacial score (nSPS) is 19.2. The molecule has 1 aliphatic rings. The summed E-state index contributed by atoms with van der Waals surface area (Å²) in [6.45, 7) is 7.55. The second-order valence-electron chi connectivity index (χ2n) is 3.46. The number of carbonyl (C=O) groups is 1. The van der Waals surface area contributed by atoms with Crippen molar-refractivity contribution in [1.29, 1.82) is 0 Å². The molecule has 1 N–H and O–H groups in total. The van der Waals surface area contributed by atoms with Crippen LogP contribution in [0.4, 0.5) is 0 Å². The van der Waals surface area contributed by atoms with Crippen LogP contribution in [0.1, 0.15) is 26.7 Å². The quantitative estimate of drug-likeness (QED) is 0.607. The van der Waals surface area contributed by atoms with Gasteiger partial charge in [0.25, 0.3) is 0 Å². The minimum absolute atomic E-state index is 0.0683. The molecule has 0 atom stereocenters. The van der Waals surface area contributed by atoms with Gasteiger partial charge >= 0.3 is 0 Å². The maximum Gasteiger partial charge on any atom is 0.222 e. The molecule has 0 heterocycles. The molecule has 12 heavy (non-hydrogen) atoms. The van der Waals surface area contributed by atoms with Crippen LogP contribution in [0, 0.1) is 5.92 Å². The molecule has 2 heteroatoms. The van der Waals surface area contributed by atoms with Gasteiger partial charge in [-0.1, -0.05) is 20.4 Å². The summed E-state index contributed by atoms with van der Waals surface area (Å²) < 4.78 is 0. The summed E-state index contributed by atoms with van der Waals surface area (Å²) in [7, 11) is 0. The standard InChI is InChI=1S/C10H14O2/c1-6(2)8-5-4-7(3)9(11)10(8)12/h6,12H,3-5H2,1-2H3. The molecule has 1 aliphatic carbocycles. The maximum absolute atomic E-state index is 11.2. The Morgan fingerprint density at radius 2 is 2.00 bits per heavy atom. The molecule has 0 amide bonds. The van der Waals surface area contributed by atoms with E-state index in [2.05, 4.69) is 6.58 Å². The number of allylic oxidation sites excluding steroid dienone is 2. The summed E-state index contributed by atoms with van der Waals surface area (Å²) in [6.07, 6.45) is 1.46. The van der Waals surface area contributed by atoms with E-state index in [1.165, 1.54) is 0 Å². The monoisotopic (exact) mass is 166 g/mol. The number of ketones is 1. The molecule has 0 aromatic rings. The lowest BCUT2D eigenvalue weighted by molar-refractivity contribution is -0.115. The summed E-state index contributed by atoms with van der Waals surface area (Å²) in [5.74, 6) is -0.0896. The summed E-state index contributed by atoms with van der Waals surface area (Å²) in [4.78, 5) is 11.2. The Morgan fingerprint density at radius 1 is 1.42 bits per heavy atom. The van der Waals surface area contributed by atoms with Gasteiger partial charge in [0.15, 0.2) is 5.76 Å². The van der Waals surface area contributed by atoms with Gasteiger partial charge in [-0.15, -0.1) is 0 Å². The predicted octanol–water partition coefficient (Wildman–Crippen LogP) is 2.37. The van der Waals surface area contributed by atoms with Crippen molar-refractivity contribution in [3.63, 3.8) is 0 Å². The lowest BCUT2D eigenvalue weighted by atomic mass is 9.87. The Kier molecular flexibility index (Phi) is 2.36. The van der Waals surface area contributed by atoms with Gasteiger partial charge in [0.05, 0.1) is 0 Å². The van der Waals surface area contributed by atoms with Crippen molar-refractivity contribution in [2.45, 2.75) is 26.7 Å². The van der Waals surface area contributed by atoms with Gasteiger partial charge in [0, 0.05) is 0 Å². The average molecular weight is 166 g/mol. The molecule has 0 spiro atoms. The van der Waals surface area contributed by atoms with Crippen molar-refractivity contribution in [1.82, 2.24) is 0 Å². The molecule has 0 radical (unpaired) electrons. The highest BCUT2D eigenvalue weighted by Gasteiger charge is 2.24. The second kappa shape index (κ2) is 3.13. The third-order valence-corrected chi connectivity index (χ3v) is 2.23. The Balaban J connectivity index is 3.01. The van der Waals surface area contributed by atoms with Gasteiger partial charge < -0.3 is 5.11 Å². The van der Waals surface area contributed by atoms with E-state index in [9.17, 15) is 9.90 Å². The highest BCUT2D eigenvalue weighted by atomic mass is 16.3. The predicted molar refractivity (Wildman–Crippen MR) is 47.9 cm³/mol. The van der Waals surface area contributed by atoms with Gasteiger partial charge in [0.1, 0.15) is 0 Å². The van der Waals surface area contributed by atoms with Gasteiger partial charge in [-0.25, -0.2) is 0 Å². The Hall–Kier alpha value is -1.05. The zero-order valence-electron chi connectivity index (χ0n) is 7.55. The average Bonchev–Trinajstić information content (AvgIpc) is 2.00. The van der Waals surface area contributed by atoms with Crippen LogP contribution in [0.2, 0.25) is 0 Å². The smallest absolute Gasteiger partial charge is 0.222 e. The first kappa shape index (κ1) is 9.04. The third-order valence-electron chi connectivity index (χ3n) is 2.23. The summed E-state index contributed by atoms with van der Waals surface area (Å²) >= 11 is 0. The van der Waals surface area contributed by atoms with E-state index < -0.39 is 0 Å². The Morgan fingerprint density at radius 3 is 2.50 bits per heavy atom. The molecule has 0 bridgehead atoms. The van der Waals surface area contributed by atoms with Crippen molar-refractivity contribution >= 4 is 5.78 Å². The van der Waals surface area contributed by atoms with Crippen molar-refractivity contribution in [3.8, 4) is 0 Å². The molecule has 0 aromatic heterocycles. The maximum atomic E-state index is 11.2. The highest BCUT2D eigenvalue weighted by Crippen LogP contribution is 2.28. The number of aliphatic hydroxyl groups is 1. The first-order valence-electron chi connectivity index (χ1n) is 4.18. The number of rotatable bonds is 1. The zero-order valence-corrected chi connectivity index (χ0v) is 7.55. The molecular weight excluding hydrogens is 152 g/mol. The molecular formula is C10H14O2. The van der Waals surface area contributed by atoms with Crippen LogP contribution in [0.5, 0.6) is 0 Å². The van der Waals surface area contributed by atoms with Crippen LogP contribution >= 0.6 is 0 Å². The van der Waals surface area contributed by atoms with Crippen LogP contribution in [0.3, 0.4) is 0 Å². The van der Waals surface area contributed by atoms with E-state index >= 15 is 0 Å².